The zero-order chi connectivity index (χ0) is 17.8. The molecule has 0 aliphatic rings. The number of aryl methyl sites for hydroxylation is 1. The molecule has 130 valence electrons. The van der Waals surface area contributed by atoms with Crippen molar-refractivity contribution in [2.75, 3.05) is 0 Å². The Balaban J connectivity index is 1.46. The predicted molar refractivity (Wildman–Crippen MR) is 105 cm³/mol. The van der Waals surface area contributed by atoms with E-state index in [2.05, 4.69) is 60.6 Å². The van der Waals surface area contributed by atoms with Gasteiger partial charge >= 0.3 is 0 Å². The standard InChI is InChI=1S/C23H22N2O/c1-2-3-7-18-10-16-22(17-11-18)25-24-23(26-25)21-14-12-20(13-15-21)19-8-5-4-6-9-19/h4-6,8-17H,2-3,7H2,1H3. The molecule has 0 spiro atoms. The van der Waals surface area contributed by atoms with Crippen molar-refractivity contribution in [1.29, 1.82) is 0 Å². The van der Waals surface area contributed by atoms with Gasteiger partial charge < -0.3 is 4.52 Å². The molecule has 0 atom stereocenters. The SMILES string of the molecule is CCCCc1ccc(-n2nc(-c3ccc(-c4ccccc4)cc3)o2)cc1. The first-order chi connectivity index (χ1) is 12.8. The topological polar surface area (TPSA) is 31.0 Å². The van der Waals surface area contributed by atoms with Crippen LogP contribution < -0.4 is 0 Å². The summed E-state index contributed by atoms with van der Waals surface area (Å²) >= 11 is 0. The molecule has 4 aromatic rings. The fourth-order valence-corrected chi connectivity index (χ4v) is 3.00. The van der Waals surface area contributed by atoms with Crippen LogP contribution in [0.2, 0.25) is 0 Å². The lowest BCUT2D eigenvalue weighted by Gasteiger charge is -2.12. The van der Waals surface area contributed by atoms with Crippen molar-refractivity contribution in [2.24, 2.45) is 0 Å². The number of hydrogen-bond donors (Lipinski definition) is 0. The molecule has 0 radical (unpaired) electrons. The van der Waals surface area contributed by atoms with E-state index >= 15 is 0 Å². The van der Waals surface area contributed by atoms with E-state index in [0.717, 1.165) is 17.7 Å². The first kappa shape index (κ1) is 16.4. The van der Waals surface area contributed by atoms with E-state index in [4.69, 9.17) is 4.52 Å². The van der Waals surface area contributed by atoms with E-state index in [9.17, 15) is 0 Å². The maximum absolute atomic E-state index is 5.76. The molecule has 0 unspecified atom stereocenters. The summed E-state index contributed by atoms with van der Waals surface area (Å²) in [5, 5.41) is 4.48. The number of rotatable bonds is 6. The van der Waals surface area contributed by atoms with Crippen molar-refractivity contribution >= 4 is 0 Å². The Morgan fingerprint density at radius 2 is 1.38 bits per heavy atom. The average Bonchev–Trinajstić information content (AvgIpc) is 2.67. The van der Waals surface area contributed by atoms with Gasteiger partial charge in [-0.05, 0) is 53.8 Å². The van der Waals surface area contributed by atoms with E-state index in [1.165, 1.54) is 29.5 Å². The highest BCUT2D eigenvalue weighted by Gasteiger charge is 2.12. The van der Waals surface area contributed by atoms with Crippen LogP contribution in [-0.2, 0) is 6.42 Å². The third-order valence-corrected chi connectivity index (χ3v) is 4.57. The minimum absolute atomic E-state index is 0.652. The van der Waals surface area contributed by atoms with Crippen molar-refractivity contribution in [3.63, 3.8) is 0 Å². The van der Waals surface area contributed by atoms with Crippen molar-refractivity contribution in [3.8, 4) is 28.3 Å². The number of hydrogen-bond acceptors (Lipinski definition) is 2. The van der Waals surface area contributed by atoms with Gasteiger partial charge in [0, 0.05) is 5.56 Å². The fourth-order valence-electron chi connectivity index (χ4n) is 3.00. The van der Waals surface area contributed by atoms with Crippen molar-refractivity contribution in [3.05, 3.63) is 84.4 Å². The first-order valence-electron chi connectivity index (χ1n) is 9.15. The van der Waals surface area contributed by atoms with Gasteiger partial charge in [0.15, 0.2) is 0 Å². The van der Waals surface area contributed by atoms with Crippen LogP contribution in [0.15, 0.2) is 83.4 Å². The van der Waals surface area contributed by atoms with Crippen molar-refractivity contribution < 1.29 is 4.52 Å². The Bertz CT molecular complexity index is 936. The highest BCUT2D eigenvalue weighted by molar-refractivity contribution is 5.67. The van der Waals surface area contributed by atoms with Gasteiger partial charge in [-0.3, -0.25) is 0 Å². The lowest BCUT2D eigenvalue weighted by molar-refractivity contribution is 0.225. The molecule has 0 fully saturated rings. The van der Waals surface area contributed by atoms with Crippen LogP contribution in [0.1, 0.15) is 25.3 Å². The van der Waals surface area contributed by atoms with E-state index in [0.29, 0.717) is 5.89 Å². The Morgan fingerprint density at radius 3 is 2.04 bits per heavy atom. The predicted octanol–water partition coefficient (Wildman–Crippen LogP) is 6.14. The lowest BCUT2D eigenvalue weighted by Crippen LogP contribution is -2.08. The second-order valence-corrected chi connectivity index (χ2v) is 6.48. The summed E-state index contributed by atoms with van der Waals surface area (Å²) in [7, 11) is 0. The lowest BCUT2D eigenvalue weighted by atomic mass is 10.0. The van der Waals surface area contributed by atoms with E-state index in [1.807, 2.05) is 30.3 Å². The fraction of sp³-hybridized carbons (Fsp3) is 0.174. The first-order valence-corrected chi connectivity index (χ1v) is 9.15. The van der Waals surface area contributed by atoms with Gasteiger partial charge in [0.25, 0.3) is 5.89 Å². The smallest absolute Gasteiger partial charge is 0.276 e. The molecule has 3 heteroatoms. The molecule has 0 aliphatic carbocycles. The summed E-state index contributed by atoms with van der Waals surface area (Å²) in [6, 6.07) is 27.1. The number of unbranched alkanes of at least 4 members (excludes halogenated alkanes) is 1. The highest BCUT2D eigenvalue weighted by atomic mass is 16.5. The summed E-state index contributed by atoms with van der Waals surface area (Å²) in [6.45, 7) is 2.21. The van der Waals surface area contributed by atoms with Gasteiger partial charge in [0.05, 0.1) is 0 Å². The van der Waals surface area contributed by atoms with Crippen LogP contribution >= 0.6 is 0 Å². The second-order valence-electron chi connectivity index (χ2n) is 6.48. The molecule has 0 saturated heterocycles. The second kappa shape index (κ2) is 7.44. The summed E-state index contributed by atoms with van der Waals surface area (Å²) in [5.41, 5.74) is 5.70. The molecule has 0 saturated carbocycles. The van der Waals surface area contributed by atoms with E-state index in [-0.39, 0.29) is 0 Å². The molecule has 0 N–H and O–H groups in total. The molecule has 3 aromatic carbocycles. The molecule has 0 bridgehead atoms. The van der Waals surface area contributed by atoms with Gasteiger partial charge in [-0.1, -0.05) is 77.9 Å². The van der Waals surface area contributed by atoms with E-state index < -0.39 is 0 Å². The zero-order valence-corrected chi connectivity index (χ0v) is 14.9. The summed E-state index contributed by atoms with van der Waals surface area (Å²) in [5.74, 6) is 0.652. The molecule has 0 amide bonds. The van der Waals surface area contributed by atoms with Crippen LogP contribution in [0.3, 0.4) is 0 Å². The molecule has 3 nitrogen and oxygen atoms in total. The van der Waals surface area contributed by atoms with Gasteiger partial charge in [0.2, 0.25) is 0 Å². The maximum Gasteiger partial charge on any atom is 0.276 e. The third kappa shape index (κ3) is 3.47. The molecule has 1 aromatic heterocycles. The normalized spacial score (nSPS) is 11.0. The zero-order valence-electron chi connectivity index (χ0n) is 14.9. The maximum atomic E-state index is 5.76. The van der Waals surface area contributed by atoms with Gasteiger partial charge in [-0.2, -0.15) is 0 Å². The number of benzene rings is 3. The Kier molecular flexibility index (Phi) is 4.69. The monoisotopic (exact) mass is 342 g/mol. The van der Waals surface area contributed by atoms with Gasteiger partial charge in [-0.25, -0.2) is 0 Å². The minimum Gasteiger partial charge on any atom is -0.335 e. The van der Waals surface area contributed by atoms with Crippen LogP contribution in [0, 0.1) is 0 Å². The highest BCUT2D eigenvalue weighted by Crippen LogP contribution is 2.25. The Labute approximate surface area is 153 Å². The van der Waals surface area contributed by atoms with Crippen LogP contribution in [0.5, 0.6) is 0 Å². The summed E-state index contributed by atoms with van der Waals surface area (Å²) in [4.78, 5) is 1.57. The van der Waals surface area contributed by atoms with E-state index in [1.54, 1.807) is 4.85 Å². The molecule has 0 aliphatic heterocycles. The number of aromatic nitrogens is 2. The summed E-state index contributed by atoms with van der Waals surface area (Å²) < 4.78 is 5.76. The Morgan fingerprint density at radius 1 is 0.769 bits per heavy atom. The average molecular weight is 342 g/mol. The van der Waals surface area contributed by atoms with Gasteiger partial charge in [-0.15, -0.1) is 0 Å². The van der Waals surface area contributed by atoms with Crippen LogP contribution in [-0.4, -0.2) is 9.95 Å². The van der Waals surface area contributed by atoms with Crippen molar-refractivity contribution in [1.82, 2.24) is 9.95 Å². The number of nitrogens with zero attached hydrogens (tertiary/aromatic N) is 2. The molecular weight excluding hydrogens is 320 g/mol. The third-order valence-electron chi connectivity index (χ3n) is 4.57. The van der Waals surface area contributed by atoms with Crippen LogP contribution in [0.25, 0.3) is 28.3 Å². The molecule has 26 heavy (non-hydrogen) atoms. The minimum atomic E-state index is 0.652. The quantitative estimate of drug-likeness (QED) is 0.421. The van der Waals surface area contributed by atoms with Crippen LogP contribution in [0.4, 0.5) is 0 Å². The van der Waals surface area contributed by atoms with Crippen molar-refractivity contribution in [2.45, 2.75) is 26.2 Å². The molecule has 4 rings (SSSR count). The Hall–Kier alpha value is -3.07. The summed E-state index contributed by atoms with van der Waals surface area (Å²) in [6.07, 6.45) is 3.56. The van der Waals surface area contributed by atoms with Gasteiger partial charge in [0.1, 0.15) is 5.69 Å². The molecule has 1 heterocycles. The molecular formula is C23H22N2O. The largest absolute Gasteiger partial charge is 0.335 e.